The van der Waals surface area contributed by atoms with Crippen LogP contribution in [0.3, 0.4) is 0 Å². The van der Waals surface area contributed by atoms with Crippen LogP contribution < -0.4 is 10.6 Å². The second kappa shape index (κ2) is 7.11. The number of carbonyl (C=O) groups excluding carboxylic acids is 1. The zero-order chi connectivity index (χ0) is 19.7. The van der Waals surface area contributed by atoms with E-state index in [1.165, 1.54) is 12.1 Å². The molecule has 0 unspecified atom stereocenters. The van der Waals surface area contributed by atoms with E-state index in [1.807, 2.05) is 25.3 Å². The number of aryl methyl sites for hydroxylation is 1. The number of hydrogen-bond donors (Lipinski definition) is 2. The molecule has 0 saturated carbocycles. The van der Waals surface area contributed by atoms with Crippen LogP contribution in [0.5, 0.6) is 0 Å². The lowest BCUT2D eigenvalue weighted by atomic mass is 10.1. The molecule has 0 saturated heterocycles. The molecule has 2 aromatic carbocycles. The van der Waals surface area contributed by atoms with E-state index in [9.17, 15) is 9.18 Å². The second-order valence-corrected chi connectivity index (χ2v) is 6.43. The van der Waals surface area contributed by atoms with Crippen molar-refractivity contribution in [2.75, 3.05) is 12.4 Å². The van der Waals surface area contributed by atoms with E-state index in [-0.39, 0.29) is 11.7 Å². The third-order valence-corrected chi connectivity index (χ3v) is 4.34. The lowest BCUT2D eigenvalue weighted by Crippen LogP contribution is -2.17. The number of aromatic nitrogens is 3. The van der Waals surface area contributed by atoms with Crippen LogP contribution in [0.15, 0.2) is 60.8 Å². The Morgan fingerprint density at radius 1 is 1.11 bits per heavy atom. The fourth-order valence-corrected chi connectivity index (χ4v) is 3.02. The lowest BCUT2D eigenvalue weighted by molar-refractivity contribution is 0.0963. The maximum atomic E-state index is 13.7. The first kappa shape index (κ1) is 17.7. The fraction of sp³-hybridized carbons (Fsp3) is 0.0952. The largest absolute Gasteiger partial charge is 0.355 e. The Morgan fingerprint density at radius 2 is 1.89 bits per heavy atom. The van der Waals surface area contributed by atoms with Crippen molar-refractivity contribution in [1.82, 2.24) is 19.9 Å². The summed E-state index contributed by atoms with van der Waals surface area (Å²) in [6, 6.07) is 15.4. The minimum atomic E-state index is -0.300. The fourth-order valence-electron chi connectivity index (χ4n) is 3.02. The van der Waals surface area contributed by atoms with Gasteiger partial charge in [-0.25, -0.2) is 8.91 Å². The van der Waals surface area contributed by atoms with Gasteiger partial charge in [0, 0.05) is 30.1 Å². The predicted octanol–water partition coefficient (Wildman–Crippen LogP) is 3.95. The minimum Gasteiger partial charge on any atom is -0.355 e. The average molecular weight is 375 g/mol. The number of nitrogens with zero attached hydrogens (tertiary/aromatic N) is 3. The van der Waals surface area contributed by atoms with Crippen LogP contribution in [-0.2, 0) is 0 Å². The molecule has 0 bridgehead atoms. The van der Waals surface area contributed by atoms with Crippen LogP contribution >= 0.6 is 0 Å². The molecule has 0 aliphatic heterocycles. The van der Waals surface area contributed by atoms with Crippen LogP contribution in [0, 0.1) is 12.7 Å². The van der Waals surface area contributed by atoms with Crippen molar-refractivity contribution >= 4 is 23.2 Å². The molecule has 4 rings (SSSR count). The molecule has 2 N–H and O–H groups in total. The summed E-state index contributed by atoms with van der Waals surface area (Å²) < 4.78 is 15.4. The molecule has 2 heterocycles. The first-order valence-corrected chi connectivity index (χ1v) is 8.75. The molecule has 6 nitrogen and oxygen atoms in total. The van der Waals surface area contributed by atoms with Gasteiger partial charge in [0.05, 0.1) is 0 Å². The van der Waals surface area contributed by atoms with Crippen molar-refractivity contribution in [2.45, 2.75) is 6.92 Å². The van der Waals surface area contributed by atoms with E-state index in [1.54, 1.807) is 41.9 Å². The number of amides is 1. The summed E-state index contributed by atoms with van der Waals surface area (Å²) >= 11 is 0. The number of carbonyl (C=O) groups is 1. The van der Waals surface area contributed by atoms with E-state index in [2.05, 4.69) is 20.7 Å². The molecule has 1 amide bonds. The summed E-state index contributed by atoms with van der Waals surface area (Å²) in [5, 5.41) is 10.2. The van der Waals surface area contributed by atoms with Gasteiger partial charge in [0.1, 0.15) is 5.82 Å². The highest BCUT2D eigenvalue weighted by Crippen LogP contribution is 2.27. The monoisotopic (exact) mass is 375 g/mol. The molecule has 28 heavy (non-hydrogen) atoms. The van der Waals surface area contributed by atoms with Gasteiger partial charge < -0.3 is 10.6 Å². The van der Waals surface area contributed by atoms with Gasteiger partial charge in [0.2, 0.25) is 5.95 Å². The van der Waals surface area contributed by atoms with Gasteiger partial charge in [-0.15, -0.1) is 5.10 Å². The maximum absolute atomic E-state index is 13.7. The van der Waals surface area contributed by atoms with Gasteiger partial charge >= 0.3 is 0 Å². The minimum absolute atomic E-state index is 0.146. The lowest BCUT2D eigenvalue weighted by Gasteiger charge is -2.05. The first-order chi connectivity index (χ1) is 13.5. The Bertz CT molecular complexity index is 1170. The molecule has 0 radical (unpaired) electrons. The summed E-state index contributed by atoms with van der Waals surface area (Å²) in [7, 11) is 1.59. The highest BCUT2D eigenvalue weighted by atomic mass is 19.1. The quantitative estimate of drug-likeness (QED) is 0.567. The number of rotatable bonds is 4. The van der Waals surface area contributed by atoms with Crippen LogP contribution in [0.25, 0.3) is 16.8 Å². The van der Waals surface area contributed by atoms with Gasteiger partial charge in [-0.3, -0.25) is 4.79 Å². The number of anilines is 2. The molecular formula is C21H18FN5O. The number of benzene rings is 2. The Kier molecular flexibility index (Phi) is 4.49. The summed E-state index contributed by atoms with van der Waals surface area (Å²) in [6.45, 7) is 1.95. The highest BCUT2D eigenvalue weighted by Gasteiger charge is 2.12. The molecule has 2 aromatic heterocycles. The highest BCUT2D eigenvalue weighted by molar-refractivity contribution is 5.94. The van der Waals surface area contributed by atoms with Crippen molar-refractivity contribution in [3.63, 3.8) is 0 Å². The zero-order valence-corrected chi connectivity index (χ0v) is 15.4. The molecule has 0 aliphatic carbocycles. The normalized spacial score (nSPS) is 10.8. The van der Waals surface area contributed by atoms with Crippen LogP contribution in [0.2, 0.25) is 0 Å². The van der Waals surface area contributed by atoms with E-state index >= 15 is 0 Å². The molecule has 0 aliphatic rings. The SMILES string of the molecule is CNC(=O)c1ccc(Nc2nc3c(-c4cccc(F)c4)cc(C)cn3n2)cc1. The van der Waals surface area contributed by atoms with E-state index in [0.717, 1.165) is 22.4 Å². The number of hydrogen-bond acceptors (Lipinski definition) is 4. The second-order valence-electron chi connectivity index (χ2n) is 6.43. The molecular weight excluding hydrogens is 357 g/mol. The van der Waals surface area contributed by atoms with E-state index in [0.29, 0.717) is 17.2 Å². The van der Waals surface area contributed by atoms with Gasteiger partial charge in [0.15, 0.2) is 5.65 Å². The van der Waals surface area contributed by atoms with Gasteiger partial charge in [0.25, 0.3) is 5.91 Å². The van der Waals surface area contributed by atoms with Crippen molar-refractivity contribution in [3.8, 4) is 11.1 Å². The molecule has 7 heteroatoms. The summed E-state index contributed by atoms with van der Waals surface area (Å²) in [6.07, 6.45) is 1.87. The van der Waals surface area contributed by atoms with Crippen LogP contribution in [0.4, 0.5) is 16.0 Å². The third-order valence-electron chi connectivity index (χ3n) is 4.34. The number of fused-ring (bicyclic) bond motifs is 1. The zero-order valence-electron chi connectivity index (χ0n) is 15.4. The summed E-state index contributed by atoms with van der Waals surface area (Å²) in [4.78, 5) is 16.2. The maximum Gasteiger partial charge on any atom is 0.251 e. The number of halogens is 1. The van der Waals surface area contributed by atoms with Crippen LogP contribution in [0.1, 0.15) is 15.9 Å². The Hall–Kier alpha value is -3.74. The standard InChI is InChI=1S/C21H18FN5O/c1-13-10-18(15-4-3-5-16(22)11-15)19-25-21(26-27(19)12-13)24-17-8-6-14(7-9-17)20(28)23-2/h3-12H,1-2H3,(H,23,28)(H,24,26). The Labute approximate surface area is 161 Å². The van der Waals surface area contributed by atoms with Gasteiger partial charge in [-0.1, -0.05) is 12.1 Å². The number of pyridine rings is 1. The molecule has 0 spiro atoms. The van der Waals surface area contributed by atoms with Crippen molar-refractivity contribution in [1.29, 1.82) is 0 Å². The molecule has 140 valence electrons. The Balaban J connectivity index is 1.70. The summed E-state index contributed by atoms with van der Waals surface area (Å²) in [5.74, 6) is -0.0326. The molecule has 4 aromatic rings. The first-order valence-electron chi connectivity index (χ1n) is 8.75. The van der Waals surface area contributed by atoms with E-state index in [4.69, 9.17) is 0 Å². The average Bonchev–Trinajstić information content (AvgIpc) is 3.09. The molecule has 0 fully saturated rings. The summed E-state index contributed by atoms with van der Waals surface area (Å²) in [5.41, 5.74) is 4.48. The third kappa shape index (κ3) is 3.42. The van der Waals surface area contributed by atoms with Gasteiger partial charge in [-0.05, 0) is 60.5 Å². The van der Waals surface area contributed by atoms with E-state index < -0.39 is 0 Å². The van der Waals surface area contributed by atoms with Crippen LogP contribution in [-0.4, -0.2) is 27.6 Å². The van der Waals surface area contributed by atoms with Crippen molar-refractivity contribution in [2.24, 2.45) is 0 Å². The number of nitrogens with one attached hydrogen (secondary N) is 2. The van der Waals surface area contributed by atoms with Gasteiger partial charge in [-0.2, -0.15) is 4.98 Å². The topological polar surface area (TPSA) is 71.3 Å². The predicted molar refractivity (Wildman–Crippen MR) is 106 cm³/mol. The molecule has 0 atom stereocenters. The Morgan fingerprint density at radius 3 is 2.61 bits per heavy atom. The van der Waals surface area contributed by atoms with Crippen molar-refractivity contribution in [3.05, 3.63) is 77.7 Å². The smallest absolute Gasteiger partial charge is 0.251 e. The van der Waals surface area contributed by atoms with Crippen molar-refractivity contribution < 1.29 is 9.18 Å².